The second-order valence-electron chi connectivity index (χ2n) is 7.28. The number of nitrogens with two attached hydrogens (primary N) is 1. The molecule has 0 fully saturated rings. The van der Waals surface area contributed by atoms with Crippen molar-refractivity contribution in [2.45, 2.75) is 0 Å². The van der Waals surface area contributed by atoms with E-state index < -0.39 is 11.8 Å². The highest BCUT2D eigenvalue weighted by molar-refractivity contribution is 6.35. The summed E-state index contributed by atoms with van der Waals surface area (Å²) in [7, 11) is 0. The van der Waals surface area contributed by atoms with E-state index in [0.717, 1.165) is 11.1 Å². The largest absolute Gasteiger partial charge is 0.366 e. The van der Waals surface area contributed by atoms with E-state index in [9.17, 15) is 9.59 Å². The molecule has 3 aromatic heterocycles. The van der Waals surface area contributed by atoms with Gasteiger partial charge in [-0.2, -0.15) is 5.10 Å². The van der Waals surface area contributed by atoms with Gasteiger partial charge in [-0.3, -0.25) is 14.5 Å². The van der Waals surface area contributed by atoms with Crippen molar-refractivity contribution in [1.82, 2.24) is 19.7 Å². The third-order valence-corrected chi connectivity index (χ3v) is 5.51. The topological polar surface area (TPSA) is 110 Å². The average Bonchev–Trinajstić information content (AvgIpc) is 3.51. The number of pyridine rings is 1. The predicted molar refractivity (Wildman–Crippen MR) is 126 cm³/mol. The van der Waals surface area contributed by atoms with E-state index in [1.807, 2.05) is 42.6 Å². The molecule has 0 aliphatic rings. The number of aromatic amines is 1. The molecule has 0 atom stereocenters. The molecule has 0 aliphatic heterocycles. The molecule has 9 heteroatoms. The van der Waals surface area contributed by atoms with Gasteiger partial charge in [0.05, 0.1) is 33.8 Å². The molecule has 0 bridgehead atoms. The summed E-state index contributed by atoms with van der Waals surface area (Å²) < 4.78 is 1.69. The summed E-state index contributed by atoms with van der Waals surface area (Å²) in [6, 6.07) is 17.3. The zero-order chi connectivity index (χ0) is 22.9. The number of primary amides is 1. The Bertz CT molecular complexity index is 1490. The first-order valence-electron chi connectivity index (χ1n) is 9.98. The van der Waals surface area contributed by atoms with Gasteiger partial charge in [-0.05, 0) is 54.6 Å². The second-order valence-corrected chi connectivity index (χ2v) is 7.69. The summed E-state index contributed by atoms with van der Waals surface area (Å²) in [5.74, 6) is -1.08. The summed E-state index contributed by atoms with van der Waals surface area (Å²) >= 11 is 6.37. The maximum Gasteiger partial charge on any atom is 0.264 e. The van der Waals surface area contributed by atoms with E-state index in [2.05, 4.69) is 15.1 Å². The van der Waals surface area contributed by atoms with Crippen LogP contribution in [0.2, 0.25) is 5.02 Å². The molecular weight excluding hydrogens is 440 g/mol. The minimum atomic E-state index is -0.650. The standard InChI is InChI=1S/C24H17ClN6O2/c25-21-6-5-15(22(26)32)12-20(21)24(33)31(19-11-16-7-9-27-23(16)28-14-19)18-4-1-3-17(13-18)30-10-2-8-29-30/h1-14H,(H2,26,32)(H,27,28). The van der Waals surface area contributed by atoms with Crippen LogP contribution in [-0.2, 0) is 0 Å². The second kappa shape index (κ2) is 8.25. The molecule has 5 aromatic rings. The third kappa shape index (κ3) is 3.83. The van der Waals surface area contributed by atoms with Crippen LogP contribution in [0.3, 0.4) is 0 Å². The molecule has 0 saturated carbocycles. The van der Waals surface area contributed by atoms with Crippen molar-refractivity contribution in [2.75, 3.05) is 4.90 Å². The Morgan fingerprint density at radius 2 is 1.91 bits per heavy atom. The summed E-state index contributed by atoms with van der Waals surface area (Å²) in [6.07, 6.45) is 6.86. The summed E-state index contributed by atoms with van der Waals surface area (Å²) in [6.45, 7) is 0. The van der Waals surface area contributed by atoms with E-state index in [-0.39, 0.29) is 16.1 Å². The number of aromatic nitrogens is 4. The van der Waals surface area contributed by atoms with Crippen molar-refractivity contribution in [2.24, 2.45) is 5.73 Å². The number of anilines is 2. The van der Waals surface area contributed by atoms with Crippen LogP contribution in [0, 0.1) is 0 Å². The molecule has 0 spiro atoms. The molecule has 0 radical (unpaired) electrons. The van der Waals surface area contributed by atoms with Gasteiger partial charge < -0.3 is 10.7 Å². The minimum Gasteiger partial charge on any atom is -0.366 e. The lowest BCUT2D eigenvalue weighted by molar-refractivity contribution is 0.0998. The highest BCUT2D eigenvalue weighted by Gasteiger charge is 2.24. The number of amides is 2. The van der Waals surface area contributed by atoms with E-state index in [0.29, 0.717) is 17.0 Å². The molecular formula is C24H17ClN6O2. The van der Waals surface area contributed by atoms with Crippen LogP contribution in [-0.4, -0.2) is 31.6 Å². The summed E-state index contributed by atoms with van der Waals surface area (Å²) in [5, 5.41) is 5.31. The lowest BCUT2D eigenvalue weighted by atomic mass is 10.1. The number of H-pyrrole nitrogens is 1. The number of halogens is 1. The van der Waals surface area contributed by atoms with E-state index in [4.69, 9.17) is 17.3 Å². The molecule has 0 unspecified atom stereocenters. The van der Waals surface area contributed by atoms with Crippen molar-refractivity contribution >= 4 is 45.8 Å². The van der Waals surface area contributed by atoms with Crippen molar-refractivity contribution in [3.05, 3.63) is 102 Å². The fourth-order valence-corrected chi connectivity index (χ4v) is 3.79. The van der Waals surface area contributed by atoms with Gasteiger partial charge in [0.25, 0.3) is 5.91 Å². The molecule has 0 saturated heterocycles. The normalized spacial score (nSPS) is 10.9. The van der Waals surface area contributed by atoms with Gasteiger partial charge in [0.2, 0.25) is 5.91 Å². The van der Waals surface area contributed by atoms with Crippen LogP contribution in [0.15, 0.2) is 85.5 Å². The number of nitrogens with one attached hydrogen (secondary N) is 1. The third-order valence-electron chi connectivity index (χ3n) is 5.19. The quantitative estimate of drug-likeness (QED) is 0.406. The van der Waals surface area contributed by atoms with Crippen molar-refractivity contribution < 1.29 is 9.59 Å². The van der Waals surface area contributed by atoms with Crippen molar-refractivity contribution in [3.63, 3.8) is 0 Å². The Balaban J connectivity index is 1.68. The van der Waals surface area contributed by atoms with Gasteiger partial charge in [0.1, 0.15) is 5.65 Å². The Kier molecular flexibility index (Phi) is 5.12. The average molecular weight is 457 g/mol. The van der Waals surface area contributed by atoms with Crippen LogP contribution in [0.25, 0.3) is 16.7 Å². The van der Waals surface area contributed by atoms with Gasteiger partial charge in [-0.15, -0.1) is 0 Å². The van der Waals surface area contributed by atoms with E-state index in [1.54, 1.807) is 29.3 Å². The molecule has 0 aliphatic carbocycles. The van der Waals surface area contributed by atoms with Gasteiger partial charge in [-0.1, -0.05) is 17.7 Å². The molecule has 2 aromatic carbocycles. The van der Waals surface area contributed by atoms with Crippen molar-refractivity contribution in [1.29, 1.82) is 0 Å². The van der Waals surface area contributed by atoms with Crippen LogP contribution < -0.4 is 10.6 Å². The smallest absolute Gasteiger partial charge is 0.264 e. The number of carbonyl (C=O) groups is 2. The fourth-order valence-electron chi connectivity index (χ4n) is 3.59. The van der Waals surface area contributed by atoms with E-state index >= 15 is 0 Å². The molecule has 162 valence electrons. The highest BCUT2D eigenvalue weighted by Crippen LogP contribution is 2.32. The molecule has 3 heterocycles. The van der Waals surface area contributed by atoms with Gasteiger partial charge in [-0.25, -0.2) is 9.67 Å². The zero-order valence-electron chi connectivity index (χ0n) is 17.1. The van der Waals surface area contributed by atoms with Crippen LogP contribution in [0.5, 0.6) is 0 Å². The van der Waals surface area contributed by atoms with Crippen LogP contribution in [0.4, 0.5) is 11.4 Å². The monoisotopic (exact) mass is 456 g/mol. The number of benzene rings is 2. The Morgan fingerprint density at radius 1 is 1.03 bits per heavy atom. The first-order valence-corrected chi connectivity index (χ1v) is 10.4. The summed E-state index contributed by atoms with van der Waals surface area (Å²) in [5.41, 5.74) is 8.33. The Hall–Kier alpha value is -4.43. The molecule has 5 rings (SSSR count). The maximum atomic E-state index is 13.8. The van der Waals surface area contributed by atoms with Crippen LogP contribution >= 0.6 is 11.6 Å². The number of nitrogens with zero attached hydrogens (tertiary/aromatic N) is 4. The lowest BCUT2D eigenvalue weighted by Crippen LogP contribution is -2.27. The Morgan fingerprint density at radius 3 is 2.70 bits per heavy atom. The lowest BCUT2D eigenvalue weighted by Gasteiger charge is -2.24. The fraction of sp³-hybridized carbons (Fsp3) is 0. The number of fused-ring (bicyclic) bond motifs is 1. The molecule has 3 N–H and O–H groups in total. The van der Waals surface area contributed by atoms with E-state index in [1.165, 1.54) is 23.1 Å². The molecule has 8 nitrogen and oxygen atoms in total. The van der Waals surface area contributed by atoms with Crippen LogP contribution in [0.1, 0.15) is 20.7 Å². The number of rotatable bonds is 5. The first-order chi connectivity index (χ1) is 16.0. The van der Waals surface area contributed by atoms with Gasteiger partial charge in [0.15, 0.2) is 0 Å². The first kappa shape index (κ1) is 20.5. The zero-order valence-corrected chi connectivity index (χ0v) is 17.9. The van der Waals surface area contributed by atoms with Crippen molar-refractivity contribution in [3.8, 4) is 5.69 Å². The predicted octanol–water partition coefficient (Wildman–Crippen LogP) is 4.48. The number of hydrogen-bond acceptors (Lipinski definition) is 4. The molecule has 33 heavy (non-hydrogen) atoms. The number of hydrogen-bond donors (Lipinski definition) is 2. The Labute approximate surface area is 193 Å². The highest BCUT2D eigenvalue weighted by atomic mass is 35.5. The minimum absolute atomic E-state index is 0.145. The van der Waals surface area contributed by atoms with Gasteiger partial charge >= 0.3 is 0 Å². The molecule has 2 amide bonds. The van der Waals surface area contributed by atoms with Gasteiger partial charge in [0, 0.05) is 29.5 Å². The SMILES string of the molecule is NC(=O)c1ccc(Cl)c(C(=O)N(c2cccc(-n3cccn3)c2)c2cnc3[nH]ccc3c2)c1. The number of carbonyl (C=O) groups excluding carboxylic acids is 2. The maximum absolute atomic E-state index is 13.8. The summed E-state index contributed by atoms with van der Waals surface area (Å²) in [4.78, 5) is 34.5.